The topological polar surface area (TPSA) is 53.7 Å². The molecule has 3 aromatic rings. The van der Waals surface area contributed by atoms with Crippen molar-refractivity contribution in [2.45, 2.75) is 25.3 Å². The van der Waals surface area contributed by atoms with Crippen LogP contribution in [0.3, 0.4) is 0 Å². The number of hydrogen-bond acceptors (Lipinski definition) is 4. The van der Waals surface area contributed by atoms with Crippen molar-refractivity contribution in [3.05, 3.63) is 59.4 Å². The molecule has 2 aliphatic heterocycles. The van der Waals surface area contributed by atoms with E-state index in [1.807, 2.05) is 17.0 Å². The number of carbonyl (C=O) groups is 1. The number of likely N-dealkylation sites (N-methyl/N-ethyl adjacent to an activating group) is 1. The first kappa shape index (κ1) is 15.5. The van der Waals surface area contributed by atoms with Gasteiger partial charge in [0.25, 0.3) is 5.91 Å². The Kier molecular flexibility index (Phi) is 3.37. The smallest absolute Gasteiger partial charge is 0.258 e. The number of nitrogens with zero attached hydrogens (tertiary/aromatic N) is 5. The lowest BCUT2D eigenvalue weighted by atomic mass is 9.88. The third-order valence-electron chi connectivity index (χ3n) is 5.72. The summed E-state index contributed by atoms with van der Waals surface area (Å²) in [6.45, 7) is 4.13. The zero-order chi connectivity index (χ0) is 17.8. The lowest BCUT2D eigenvalue weighted by Crippen LogP contribution is -2.47. The van der Waals surface area contributed by atoms with Crippen LogP contribution in [0.2, 0.25) is 0 Å². The molecule has 0 saturated carbocycles. The molecule has 0 unspecified atom stereocenters. The van der Waals surface area contributed by atoms with E-state index in [4.69, 9.17) is 0 Å². The molecule has 5 rings (SSSR count). The third kappa shape index (κ3) is 2.25. The molecule has 1 amide bonds. The predicted molar refractivity (Wildman–Crippen MR) is 99.6 cm³/mol. The summed E-state index contributed by atoms with van der Waals surface area (Å²) < 4.78 is 1.68. The SMILES string of the molecule is Cc1ccc2c(c1)[C@H]1CN(C)CC[C@H]1N2C(=O)c1ccn2nncc2c1. The zero-order valence-corrected chi connectivity index (χ0v) is 15.0. The number of carbonyl (C=O) groups excluding carboxylic acids is 1. The van der Waals surface area contributed by atoms with E-state index in [1.54, 1.807) is 16.9 Å². The van der Waals surface area contributed by atoms with Crippen LogP contribution < -0.4 is 4.90 Å². The summed E-state index contributed by atoms with van der Waals surface area (Å²) in [7, 11) is 2.16. The van der Waals surface area contributed by atoms with Gasteiger partial charge in [0.1, 0.15) is 0 Å². The monoisotopic (exact) mass is 347 g/mol. The molecule has 0 bridgehead atoms. The summed E-state index contributed by atoms with van der Waals surface area (Å²) in [5.41, 5.74) is 5.14. The van der Waals surface area contributed by atoms with E-state index in [2.05, 4.69) is 47.4 Å². The standard InChI is InChI=1S/C20H21N5O/c1-13-3-4-18-16(9-13)17-12-23(2)7-6-19(17)25(18)20(26)14-5-8-24-15(10-14)11-21-22-24/h3-5,8-11,17,19H,6-7,12H2,1-2H3/t17-,19-/m1/s1. The first-order valence-corrected chi connectivity index (χ1v) is 9.04. The molecule has 26 heavy (non-hydrogen) atoms. The van der Waals surface area contributed by atoms with Crippen LogP contribution in [0.5, 0.6) is 0 Å². The summed E-state index contributed by atoms with van der Waals surface area (Å²) in [5.74, 6) is 0.448. The van der Waals surface area contributed by atoms with Gasteiger partial charge in [-0.2, -0.15) is 0 Å². The van der Waals surface area contributed by atoms with Gasteiger partial charge in [0, 0.05) is 36.0 Å². The molecule has 0 spiro atoms. The Morgan fingerprint density at radius 2 is 2.12 bits per heavy atom. The maximum absolute atomic E-state index is 13.5. The molecule has 1 fully saturated rings. The highest BCUT2D eigenvalue weighted by Crippen LogP contribution is 2.45. The number of pyridine rings is 1. The molecule has 1 aromatic carbocycles. The fraction of sp³-hybridized carbons (Fsp3) is 0.350. The van der Waals surface area contributed by atoms with Gasteiger partial charge in [0.15, 0.2) is 0 Å². The van der Waals surface area contributed by atoms with Crippen LogP contribution in [0, 0.1) is 6.92 Å². The van der Waals surface area contributed by atoms with Crippen LogP contribution in [0.15, 0.2) is 42.7 Å². The van der Waals surface area contributed by atoms with Gasteiger partial charge < -0.3 is 9.80 Å². The van der Waals surface area contributed by atoms with Crippen LogP contribution in [0.25, 0.3) is 5.52 Å². The average molecular weight is 347 g/mol. The van der Waals surface area contributed by atoms with Gasteiger partial charge in [-0.1, -0.05) is 22.9 Å². The second-order valence-electron chi connectivity index (χ2n) is 7.48. The van der Waals surface area contributed by atoms with Crippen LogP contribution in [-0.2, 0) is 0 Å². The lowest BCUT2D eigenvalue weighted by molar-refractivity contribution is 0.0964. The molecule has 2 atom stereocenters. The highest BCUT2D eigenvalue weighted by molar-refractivity contribution is 6.08. The van der Waals surface area contributed by atoms with Crippen molar-refractivity contribution in [1.29, 1.82) is 0 Å². The Morgan fingerprint density at radius 1 is 1.23 bits per heavy atom. The van der Waals surface area contributed by atoms with E-state index < -0.39 is 0 Å². The average Bonchev–Trinajstić information content (AvgIpc) is 3.22. The van der Waals surface area contributed by atoms with E-state index >= 15 is 0 Å². The Labute approximate surface area is 152 Å². The molecular weight excluding hydrogens is 326 g/mol. The summed E-state index contributed by atoms with van der Waals surface area (Å²) in [4.78, 5) is 17.9. The van der Waals surface area contributed by atoms with Crippen molar-refractivity contribution >= 4 is 17.1 Å². The van der Waals surface area contributed by atoms with Crippen molar-refractivity contribution in [2.75, 3.05) is 25.0 Å². The van der Waals surface area contributed by atoms with Gasteiger partial charge in [-0.25, -0.2) is 4.52 Å². The van der Waals surface area contributed by atoms with E-state index in [0.717, 1.165) is 30.7 Å². The Bertz CT molecular complexity index is 1010. The Balaban J connectivity index is 1.59. The fourth-order valence-corrected chi connectivity index (χ4v) is 4.45. The number of aryl methyl sites for hydroxylation is 1. The molecule has 132 valence electrons. The maximum atomic E-state index is 13.5. The minimum absolute atomic E-state index is 0.0656. The number of likely N-dealkylation sites (tertiary alicyclic amines) is 1. The second-order valence-corrected chi connectivity index (χ2v) is 7.48. The van der Waals surface area contributed by atoms with Gasteiger partial charge in [-0.15, -0.1) is 5.10 Å². The van der Waals surface area contributed by atoms with Crippen molar-refractivity contribution in [1.82, 2.24) is 19.7 Å². The van der Waals surface area contributed by atoms with Gasteiger partial charge in [0.2, 0.25) is 0 Å². The number of hydrogen-bond donors (Lipinski definition) is 0. The molecule has 1 saturated heterocycles. The minimum Gasteiger partial charge on any atom is -0.306 e. The predicted octanol–water partition coefficient (Wildman–Crippen LogP) is 2.49. The van der Waals surface area contributed by atoms with Crippen molar-refractivity contribution in [3.8, 4) is 0 Å². The number of piperidine rings is 1. The molecule has 6 heteroatoms. The van der Waals surface area contributed by atoms with E-state index in [9.17, 15) is 4.79 Å². The zero-order valence-electron chi connectivity index (χ0n) is 15.0. The van der Waals surface area contributed by atoms with Gasteiger partial charge in [-0.3, -0.25) is 4.79 Å². The minimum atomic E-state index is 0.0656. The van der Waals surface area contributed by atoms with Crippen molar-refractivity contribution in [3.63, 3.8) is 0 Å². The largest absolute Gasteiger partial charge is 0.306 e. The van der Waals surface area contributed by atoms with Gasteiger partial charge in [-0.05, 0) is 50.7 Å². The van der Waals surface area contributed by atoms with Crippen LogP contribution in [0.4, 0.5) is 5.69 Å². The van der Waals surface area contributed by atoms with Crippen molar-refractivity contribution < 1.29 is 4.79 Å². The quantitative estimate of drug-likeness (QED) is 0.679. The normalized spacial score (nSPS) is 22.5. The van der Waals surface area contributed by atoms with Crippen molar-refractivity contribution in [2.24, 2.45) is 0 Å². The number of benzene rings is 1. The number of anilines is 1. The van der Waals surface area contributed by atoms with Gasteiger partial charge >= 0.3 is 0 Å². The number of fused-ring (bicyclic) bond motifs is 4. The van der Waals surface area contributed by atoms with Crippen LogP contribution in [0.1, 0.15) is 33.8 Å². The first-order chi connectivity index (χ1) is 12.6. The molecule has 2 aliphatic rings. The molecule has 2 aromatic heterocycles. The van der Waals surface area contributed by atoms with Crippen LogP contribution >= 0.6 is 0 Å². The highest BCUT2D eigenvalue weighted by atomic mass is 16.2. The molecule has 0 radical (unpaired) electrons. The molecule has 6 nitrogen and oxygen atoms in total. The molecule has 4 heterocycles. The van der Waals surface area contributed by atoms with Gasteiger partial charge in [0.05, 0.1) is 11.7 Å². The summed E-state index contributed by atoms with van der Waals surface area (Å²) in [6, 6.07) is 10.4. The maximum Gasteiger partial charge on any atom is 0.258 e. The number of aromatic nitrogens is 3. The van der Waals surface area contributed by atoms with Crippen LogP contribution in [-0.4, -0.2) is 51.8 Å². The second kappa shape index (κ2) is 5.64. The highest BCUT2D eigenvalue weighted by Gasteiger charge is 2.44. The third-order valence-corrected chi connectivity index (χ3v) is 5.72. The van der Waals surface area contributed by atoms with E-state index in [-0.39, 0.29) is 11.9 Å². The first-order valence-electron chi connectivity index (χ1n) is 9.04. The molecule has 0 N–H and O–H groups in total. The van der Waals surface area contributed by atoms with E-state index in [1.165, 1.54) is 11.1 Å². The molecule has 0 aliphatic carbocycles. The van der Waals surface area contributed by atoms with E-state index in [0.29, 0.717) is 11.5 Å². The Hall–Kier alpha value is -2.73. The summed E-state index contributed by atoms with van der Waals surface area (Å²) in [6.07, 6.45) is 4.47. The Morgan fingerprint density at radius 3 is 3.00 bits per heavy atom. The molecular formula is C20H21N5O. The fourth-order valence-electron chi connectivity index (χ4n) is 4.45. The number of amides is 1. The number of rotatable bonds is 1. The lowest BCUT2D eigenvalue weighted by Gasteiger charge is -2.36. The summed E-state index contributed by atoms with van der Waals surface area (Å²) in [5, 5.41) is 7.87. The summed E-state index contributed by atoms with van der Waals surface area (Å²) >= 11 is 0.